The fourth-order valence-corrected chi connectivity index (χ4v) is 5.25. The quantitative estimate of drug-likeness (QED) is 0.400. The Labute approximate surface area is 198 Å². The second-order valence-electron chi connectivity index (χ2n) is 7.68. The molecular weight excluding hydrogens is 459 g/mol. The monoisotopic (exact) mass is 482 g/mol. The van der Waals surface area contributed by atoms with Gasteiger partial charge in [0.15, 0.2) is 0 Å². The average Bonchev–Trinajstić information content (AvgIpc) is 3.10. The molecule has 4 aromatic rings. The lowest BCUT2D eigenvalue weighted by Gasteiger charge is -2.21. The van der Waals surface area contributed by atoms with Crippen LogP contribution < -0.4 is 10.9 Å². The highest BCUT2D eigenvalue weighted by Gasteiger charge is 2.22. The van der Waals surface area contributed by atoms with E-state index >= 15 is 0 Å². The van der Waals surface area contributed by atoms with Crippen LogP contribution in [0.2, 0.25) is 0 Å². The second-order valence-corrected chi connectivity index (χ2v) is 10.2. The van der Waals surface area contributed by atoms with E-state index in [4.69, 9.17) is 0 Å². The van der Waals surface area contributed by atoms with Gasteiger partial charge in [0.05, 0.1) is 28.1 Å². The van der Waals surface area contributed by atoms with Crippen LogP contribution in [0.1, 0.15) is 40.5 Å². The van der Waals surface area contributed by atoms with E-state index in [9.17, 15) is 14.0 Å². The van der Waals surface area contributed by atoms with E-state index in [1.165, 1.54) is 35.2 Å². The predicted molar refractivity (Wildman–Crippen MR) is 131 cm³/mol. The third-order valence-electron chi connectivity index (χ3n) is 5.40. The topological polar surface area (TPSA) is 87.7 Å². The summed E-state index contributed by atoms with van der Waals surface area (Å²) in [4.78, 5) is 39.0. The summed E-state index contributed by atoms with van der Waals surface area (Å²) in [7, 11) is 0. The van der Waals surface area contributed by atoms with Crippen molar-refractivity contribution < 1.29 is 9.18 Å². The number of hydrogen-bond donors (Lipinski definition) is 2. The van der Waals surface area contributed by atoms with E-state index < -0.39 is 11.3 Å². The Morgan fingerprint density at radius 1 is 1.21 bits per heavy atom. The first-order valence-electron chi connectivity index (χ1n) is 10.4. The molecule has 2 unspecified atom stereocenters. The minimum absolute atomic E-state index is 0.152. The van der Waals surface area contributed by atoms with Crippen molar-refractivity contribution in [1.82, 2.24) is 20.3 Å². The molecule has 2 N–H and O–H groups in total. The molecule has 0 aliphatic rings. The van der Waals surface area contributed by atoms with Crippen molar-refractivity contribution in [2.75, 3.05) is 0 Å². The van der Waals surface area contributed by atoms with E-state index in [1.54, 1.807) is 31.3 Å². The number of nitrogens with zero attached hydrogens (tertiary/aromatic N) is 2. The Hall–Kier alpha value is -3.04. The van der Waals surface area contributed by atoms with Crippen LogP contribution in [0.5, 0.6) is 0 Å². The number of pyridine rings is 1. The molecule has 1 aromatic carbocycles. The third kappa shape index (κ3) is 5.15. The molecule has 0 saturated heterocycles. The fourth-order valence-electron chi connectivity index (χ4n) is 3.44. The van der Waals surface area contributed by atoms with Crippen LogP contribution in [0.25, 0.3) is 10.2 Å². The van der Waals surface area contributed by atoms with Gasteiger partial charge in [0.25, 0.3) is 5.56 Å². The third-order valence-corrected chi connectivity index (χ3v) is 7.66. The number of H-pyrrole nitrogens is 1. The highest BCUT2D eigenvalue weighted by Crippen LogP contribution is 2.27. The van der Waals surface area contributed by atoms with Crippen LogP contribution in [-0.2, 0) is 10.5 Å². The van der Waals surface area contributed by atoms with Crippen LogP contribution >= 0.6 is 23.1 Å². The number of hydrogen-bond acceptors (Lipinski definition) is 6. The van der Waals surface area contributed by atoms with Crippen LogP contribution in [-0.4, -0.2) is 26.1 Å². The molecule has 33 heavy (non-hydrogen) atoms. The number of thiophene rings is 1. The zero-order valence-corrected chi connectivity index (χ0v) is 20.0. The molecule has 9 heteroatoms. The van der Waals surface area contributed by atoms with Crippen molar-refractivity contribution >= 4 is 39.2 Å². The molecule has 0 saturated carbocycles. The van der Waals surface area contributed by atoms with Crippen molar-refractivity contribution in [3.63, 3.8) is 0 Å². The lowest BCUT2D eigenvalue weighted by Crippen LogP contribution is -2.35. The van der Waals surface area contributed by atoms with Gasteiger partial charge in [-0.1, -0.05) is 18.2 Å². The molecule has 4 rings (SSSR count). The first-order valence-corrected chi connectivity index (χ1v) is 12.3. The average molecular weight is 483 g/mol. The van der Waals surface area contributed by atoms with Gasteiger partial charge in [-0.2, -0.15) is 0 Å². The van der Waals surface area contributed by atoms with Gasteiger partial charge in [-0.25, -0.2) is 9.37 Å². The molecule has 0 fully saturated rings. The number of halogens is 1. The van der Waals surface area contributed by atoms with Crippen molar-refractivity contribution in [3.8, 4) is 0 Å². The first kappa shape index (κ1) is 23.1. The van der Waals surface area contributed by atoms with E-state index in [1.807, 2.05) is 26.0 Å². The molecule has 0 aliphatic heterocycles. The van der Waals surface area contributed by atoms with Gasteiger partial charge in [-0.15, -0.1) is 23.1 Å². The maximum atomic E-state index is 13.4. The highest BCUT2D eigenvalue weighted by atomic mass is 32.2. The number of amides is 1. The number of fused-ring (bicyclic) bond motifs is 1. The number of aromatic amines is 1. The Morgan fingerprint density at radius 2 is 1.97 bits per heavy atom. The van der Waals surface area contributed by atoms with E-state index in [0.29, 0.717) is 27.5 Å². The summed E-state index contributed by atoms with van der Waals surface area (Å²) < 4.78 is 13.4. The molecule has 6 nitrogen and oxygen atoms in total. The number of rotatable bonds is 7. The largest absolute Gasteiger partial charge is 0.343 e. The number of benzene rings is 1. The van der Waals surface area contributed by atoms with Crippen molar-refractivity contribution in [2.24, 2.45) is 0 Å². The van der Waals surface area contributed by atoms with Gasteiger partial charge in [-0.05, 0) is 56.2 Å². The molecule has 1 amide bonds. The second kappa shape index (κ2) is 9.84. The van der Waals surface area contributed by atoms with Crippen LogP contribution in [0.15, 0.2) is 53.5 Å². The molecule has 3 aromatic heterocycles. The highest BCUT2D eigenvalue weighted by molar-refractivity contribution is 7.99. The normalized spacial score (nSPS) is 13.1. The summed E-state index contributed by atoms with van der Waals surface area (Å²) in [5.41, 5.74) is 2.20. The van der Waals surface area contributed by atoms with Crippen molar-refractivity contribution in [2.45, 2.75) is 37.8 Å². The van der Waals surface area contributed by atoms with E-state index in [-0.39, 0.29) is 17.3 Å². The molecular formula is C24H23FN4O2S2. The van der Waals surface area contributed by atoms with Gasteiger partial charge in [0.2, 0.25) is 5.91 Å². The lowest BCUT2D eigenvalue weighted by molar-refractivity contribution is -0.120. The Balaban J connectivity index is 1.48. The van der Waals surface area contributed by atoms with E-state index in [0.717, 1.165) is 16.0 Å². The Bertz CT molecular complexity index is 1340. The summed E-state index contributed by atoms with van der Waals surface area (Å²) in [5, 5.41) is 3.24. The molecule has 0 aliphatic carbocycles. The smallest absolute Gasteiger partial charge is 0.259 e. The van der Waals surface area contributed by atoms with Crippen molar-refractivity contribution in [3.05, 3.63) is 92.4 Å². The van der Waals surface area contributed by atoms with Gasteiger partial charge in [-0.3, -0.25) is 14.6 Å². The zero-order valence-electron chi connectivity index (χ0n) is 18.4. The van der Waals surface area contributed by atoms with Crippen LogP contribution in [0.4, 0.5) is 4.39 Å². The summed E-state index contributed by atoms with van der Waals surface area (Å²) >= 11 is 2.88. The molecule has 2 atom stereocenters. The number of thioether (sulfide) groups is 1. The maximum absolute atomic E-state index is 13.4. The Kier molecular flexibility index (Phi) is 6.90. The van der Waals surface area contributed by atoms with Gasteiger partial charge < -0.3 is 10.3 Å². The molecule has 0 bridgehead atoms. The molecule has 3 heterocycles. The maximum Gasteiger partial charge on any atom is 0.259 e. The summed E-state index contributed by atoms with van der Waals surface area (Å²) in [5.74, 6) is 0.397. The lowest BCUT2D eigenvalue weighted by atomic mass is 10.0. The molecule has 170 valence electrons. The van der Waals surface area contributed by atoms with Gasteiger partial charge in [0, 0.05) is 11.1 Å². The Morgan fingerprint density at radius 3 is 2.67 bits per heavy atom. The number of carbonyl (C=O) groups excluding carboxylic acids is 1. The van der Waals surface area contributed by atoms with Crippen LogP contribution in [0, 0.1) is 19.7 Å². The minimum atomic E-state index is -0.506. The summed E-state index contributed by atoms with van der Waals surface area (Å²) in [6, 6.07) is 11.0. The number of aryl methyl sites for hydroxylation is 2. The fraction of sp³-hybridized carbons (Fsp3) is 0.250. The minimum Gasteiger partial charge on any atom is -0.343 e. The van der Waals surface area contributed by atoms with Crippen molar-refractivity contribution in [1.29, 1.82) is 0 Å². The number of carbonyl (C=O) groups is 1. The van der Waals surface area contributed by atoms with Gasteiger partial charge in [0.1, 0.15) is 16.5 Å². The summed E-state index contributed by atoms with van der Waals surface area (Å²) in [6.07, 6.45) is 1.66. The SMILES string of the molecule is Cc1sc2nc(CSC(C)C(=O)NC(c3ccc(F)cc3)c3ccccn3)[nH]c(=O)c2c1C. The number of aromatic nitrogens is 3. The first-order chi connectivity index (χ1) is 15.8. The van der Waals surface area contributed by atoms with Gasteiger partial charge >= 0.3 is 0 Å². The molecule has 0 radical (unpaired) electrons. The van der Waals surface area contributed by atoms with E-state index in [2.05, 4.69) is 20.3 Å². The predicted octanol–water partition coefficient (Wildman–Crippen LogP) is 4.66. The number of nitrogens with one attached hydrogen (secondary N) is 2. The summed E-state index contributed by atoms with van der Waals surface area (Å²) in [6.45, 7) is 5.70. The molecule has 0 spiro atoms. The van der Waals surface area contributed by atoms with Crippen LogP contribution in [0.3, 0.4) is 0 Å². The standard InChI is InChI=1S/C24H23FN4O2S2/c1-13-14(2)33-24-20(13)23(31)27-19(28-24)12-32-15(3)22(30)29-21(18-6-4-5-11-26-18)16-7-9-17(25)10-8-16/h4-11,15,21H,12H2,1-3H3,(H,29,30)(H,27,28,31). The zero-order chi connectivity index (χ0) is 23.5.